The Morgan fingerprint density at radius 3 is 2.69 bits per heavy atom. The van der Waals surface area contributed by atoms with Gasteiger partial charge in [-0.05, 0) is 56.6 Å². The number of benzene rings is 1. The van der Waals surface area contributed by atoms with Crippen molar-refractivity contribution in [3.05, 3.63) is 67.7 Å². The van der Waals surface area contributed by atoms with Crippen LogP contribution in [0.3, 0.4) is 0 Å². The number of hydrogen-bond acceptors (Lipinski definition) is 5. The molecule has 0 spiro atoms. The molecule has 26 heavy (non-hydrogen) atoms. The van der Waals surface area contributed by atoms with Gasteiger partial charge < -0.3 is 14.6 Å². The Hall–Kier alpha value is -2.44. The van der Waals surface area contributed by atoms with E-state index in [4.69, 9.17) is 4.42 Å². The predicted octanol–water partition coefficient (Wildman–Crippen LogP) is 3.50. The summed E-state index contributed by atoms with van der Waals surface area (Å²) in [5.41, 5.74) is 2.10. The van der Waals surface area contributed by atoms with Gasteiger partial charge in [0.15, 0.2) is 11.2 Å². The van der Waals surface area contributed by atoms with E-state index in [1.165, 1.54) is 10.9 Å². The maximum atomic E-state index is 12.6. The number of carbonyl (C=O) groups excluding carboxylic acids is 1. The van der Waals surface area contributed by atoms with E-state index in [0.717, 1.165) is 11.1 Å². The zero-order chi connectivity index (χ0) is 18.8. The molecule has 3 rings (SSSR count). The minimum Gasteiger partial charge on any atom is -0.450 e. The van der Waals surface area contributed by atoms with E-state index in [2.05, 4.69) is 10.2 Å². The van der Waals surface area contributed by atoms with Gasteiger partial charge in [0.05, 0.1) is 11.4 Å². The van der Waals surface area contributed by atoms with Gasteiger partial charge in [0, 0.05) is 17.5 Å². The highest BCUT2D eigenvalue weighted by molar-refractivity contribution is 7.10. The SMILES string of the molecule is Cc1cc(C)c2oc(C(=O)NCC(c3cccs3)N(C)C)cc(=O)c2c1. The van der Waals surface area contributed by atoms with Gasteiger partial charge in [-0.3, -0.25) is 9.59 Å². The second-order valence-electron chi connectivity index (χ2n) is 6.64. The lowest BCUT2D eigenvalue weighted by atomic mass is 10.1. The van der Waals surface area contributed by atoms with E-state index >= 15 is 0 Å². The van der Waals surface area contributed by atoms with E-state index in [9.17, 15) is 9.59 Å². The van der Waals surface area contributed by atoms with Crippen molar-refractivity contribution in [1.82, 2.24) is 10.2 Å². The number of amides is 1. The molecule has 0 bridgehead atoms. The van der Waals surface area contributed by atoms with Crippen LogP contribution in [0, 0.1) is 13.8 Å². The first kappa shape index (κ1) is 18.4. The Balaban J connectivity index is 1.85. The van der Waals surface area contributed by atoms with Crippen molar-refractivity contribution in [2.75, 3.05) is 20.6 Å². The zero-order valence-electron chi connectivity index (χ0n) is 15.3. The number of fused-ring (bicyclic) bond motifs is 1. The molecular weight excluding hydrogens is 348 g/mol. The summed E-state index contributed by atoms with van der Waals surface area (Å²) < 4.78 is 5.75. The van der Waals surface area contributed by atoms with Gasteiger partial charge in [-0.2, -0.15) is 0 Å². The molecule has 136 valence electrons. The van der Waals surface area contributed by atoms with Crippen molar-refractivity contribution in [3.8, 4) is 0 Å². The Labute approximate surface area is 156 Å². The molecule has 1 unspecified atom stereocenters. The molecule has 0 saturated carbocycles. The first-order chi connectivity index (χ1) is 12.4. The first-order valence-electron chi connectivity index (χ1n) is 8.40. The summed E-state index contributed by atoms with van der Waals surface area (Å²) in [6, 6.07) is 9.09. The third kappa shape index (κ3) is 3.71. The summed E-state index contributed by atoms with van der Waals surface area (Å²) in [7, 11) is 3.94. The number of rotatable bonds is 5. The van der Waals surface area contributed by atoms with Crippen molar-refractivity contribution >= 4 is 28.2 Å². The lowest BCUT2D eigenvalue weighted by molar-refractivity contribution is 0.0915. The molecule has 5 nitrogen and oxygen atoms in total. The first-order valence-corrected chi connectivity index (χ1v) is 9.28. The monoisotopic (exact) mass is 370 g/mol. The zero-order valence-corrected chi connectivity index (χ0v) is 16.1. The second kappa shape index (κ2) is 7.43. The highest BCUT2D eigenvalue weighted by Gasteiger charge is 2.19. The summed E-state index contributed by atoms with van der Waals surface area (Å²) in [5, 5.41) is 5.40. The Bertz CT molecular complexity index is 990. The predicted molar refractivity (Wildman–Crippen MR) is 105 cm³/mol. The number of carbonyl (C=O) groups is 1. The molecular formula is C20H22N2O3S. The summed E-state index contributed by atoms with van der Waals surface area (Å²) in [6.07, 6.45) is 0. The van der Waals surface area contributed by atoms with Crippen LogP contribution < -0.4 is 10.7 Å². The molecule has 1 atom stereocenters. The number of nitrogens with zero attached hydrogens (tertiary/aromatic N) is 1. The van der Waals surface area contributed by atoms with Crippen molar-refractivity contribution in [3.63, 3.8) is 0 Å². The molecule has 1 aromatic carbocycles. The van der Waals surface area contributed by atoms with Gasteiger partial charge in [0.1, 0.15) is 5.58 Å². The van der Waals surface area contributed by atoms with E-state index in [0.29, 0.717) is 17.5 Å². The average Bonchev–Trinajstić information content (AvgIpc) is 3.09. The number of aryl methyl sites for hydroxylation is 2. The second-order valence-corrected chi connectivity index (χ2v) is 7.62. The fourth-order valence-corrected chi connectivity index (χ4v) is 3.94. The maximum Gasteiger partial charge on any atom is 0.287 e. The smallest absolute Gasteiger partial charge is 0.287 e. The van der Waals surface area contributed by atoms with Crippen LogP contribution in [0.2, 0.25) is 0 Å². The van der Waals surface area contributed by atoms with Crippen LogP contribution >= 0.6 is 11.3 Å². The fraction of sp³-hybridized carbons (Fsp3) is 0.300. The molecule has 0 radical (unpaired) electrons. The van der Waals surface area contributed by atoms with Crippen molar-refractivity contribution in [1.29, 1.82) is 0 Å². The topological polar surface area (TPSA) is 62.6 Å². The lowest BCUT2D eigenvalue weighted by Crippen LogP contribution is -2.34. The fourth-order valence-electron chi connectivity index (χ4n) is 3.02. The van der Waals surface area contributed by atoms with E-state index in [-0.39, 0.29) is 23.1 Å². The van der Waals surface area contributed by atoms with Crippen LogP contribution in [-0.4, -0.2) is 31.4 Å². The van der Waals surface area contributed by atoms with Crippen molar-refractivity contribution in [2.24, 2.45) is 0 Å². The summed E-state index contributed by atoms with van der Waals surface area (Å²) in [4.78, 5) is 28.2. The largest absolute Gasteiger partial charge is 0.450 e. The Morgan fingerprint density at radius 1 is 1.27 bits per heavy atom. The third-order valence-electron chi connectivity index (χ3n) is 4.33. The molecule has 0 saturated heterocycles. The van der Waals surface area contributed by atoms with Gasteiger partial charge >= 0.3 is 0 Å². The molecule has 1 amide bonds. The summed E-state index contributed by atoms with van der Waals surface area (Å²) >= 11 is 1.65. The number of likely N-dealkylation sites (N-methyl/N-ethyl adjacent to an activating group) is 1. The minimum absolute atomic E-state index is 0.0399. The quantitative estimate of drug-likeness (QED) is 0.747. The number of hydrogen-bond donors (Lipinski definition) is 1. The third-order valence-corrected chi connectivity index (χ3v) is 5.31. The van der Waals surface area contributed by atoms with Crippen LogP contribution in [0.25, 0.3) is 11.0 Å². The molecule has 2 aromatic heterocycles. The van der Waals surface area contributed by atoms with Gasteiger partial charge in [0.25, 0.3) is 5.91 Å². The Kier molecular flexibility index (Phi) is 5.25. The normalized spacial score (nSPS) is 12.5. The molecule has 2 heterocycles. The average molecular weight is 370 g/mol. The van der Waals surface area contributed by atoms with Gasteiger partial charge in [0.2, 0.25) is 0 Å². The van der Waals surface area contributed by atoms with Gasteiger partial charge in [-0.15, -0.1) is 11.3 Å². The van der Waals surface area contributed by atoms with Crippen LogP contribution in [0.5, 0.6) is 0 Å². The number of nitrogens with one attached hydrogen (secondary N) is 1. The van der Waals surface area contributed by atoms with E-state index in [1.807, 2.05) is 51.5 Å². The van der Waals surface area contributed by atoms with Crippen LogP contribution in [0.1, 0.15) is 32.6 Å². The van der Waals surface area contributed by atoms with Crippen LogP contribution in [-0.2, 0) is 0 Å². The molecule has 0 aliphatic heterocycles. The van der Waals surface area contributed by atoms with E-state index < -0.39 is 0 Å². The molecule has 0 aliphatic carbocycles. The summed E-state index contributed by atoms with van der Waals surface area (Å²) in [6.45, 7) is 4.23. The molecule has 0 fully saturated rings. The van der Waals surface area contributed by atoms with Crippen molar-refractivity contribution < 1.29 is 9.21 Å². The minimum atomic E-state index is -0.382. The van der Waals surface area contributed by atoms with E-state index in [1.54, 1.807) is 17.4 Å². The summed E-state index contributed by atoms with van der Waals surface area (Å²) in [5.74, 6) is -0.342. The lowest BCUT2D eigenvalue weighted by Gasteiger charge is -2.23. The molecule has 1 N–H and O–H groups in total. The number of thiophene rings is 1. The standard InChI is InChI=1S/C20H22N2O3S/c1-12-8-13(2)19-14(9-12)16(23)10-17(25-19)20(24)21-11-15(22(3)4)18-6-5-7-26-18/h5-10,15H,11H2,1-4H3,(H,21,24). The van der Waals surface area contributed by atoms with Gasteiger partial charge in [-0.25, -0.2) is 0 Å². The van der Waals surface area contributed by atoms with Crippen LogP contribution in [0.4, 0.5) is 0 Å². The maximum absolute atomic E-state index is 12.6. The van der Waals surface area contributed by atoms with Gasteiger partial charge in [-0.1, -0.05) is 12.1 Å². The Morgan fingerprint density at radius 2 is 2.04 bits per heavy atom. The molecule has 3 aromatic rings. The molecule has 6 heteroatoms. The van der Waals surface area contributed by atoms with Crippen molar-refractivity contribution in [2.45, 2.75) is 19.9 Å². The highest BCUT2D eigenvalue weighted by Crippen LogP contribution is 2.23. The highest BCUT2D eigenvalue weighted by atomic mass is 32.1. The molecule has 0 aliphatic rings. The van der Waals surface area contributed by atoms with Crippen LogP contribution in [0.15, 0.2) is 44.9 Å².